The number of likely N-dealkylation sites (tertiary alicyclic amines) is 1. The van der Waals surface area contributed by atoms with Gasteiger partial charge in [-0.15, -0.1) is 0 Å². The average molecular weight is 414 g/mol. The molecule has 0 amide bonds. The van der Waals surface area contributed by atoms with Crippen LogP contribution in [0.4, 0.5) is 4.39 Å². The van der Waals surface area contributed by atoms with Crippen LogP contribution in [-0.2, 0) is 11.2 Å². The van der Waals surface area contributed by atoms with Crippen LogP contribution in [0.15, 0.2) is 42.6 Å². The van der Waals surface area contributed by atoms with Crippen molar-refractivity contribution in [3.05, 3.63) is 59.7 Å². The zero-order valence-corrected chi connectivity index (χ0v) is 16.9. The summed E-state index contributed by atoms with van der Waals surface area (Å²) in [5.74, 6) is -0.215. The van der Waals surface area contributed by atoms with Gasteiger partial charge < -0.3 is 15.3 Å². The van der Waals surface area contributed by atoms with Crippen LogP contribution in [0.5, 0.6) is 5.75 Å². The summed E-state index contributed by atoms with van der Waals surface area (Å²) in [6.45, 7) is 2.38. The number of aromatic nitrogens is 1. The molecular weight excluding hydrogens is 387 g/mol. The molecule has 4 rings (SSSR count). The van der Waals surface area contributed by atoms with Crippen molar-refractivity contribution in [1.29, 1.82) is 0 Å². The maximum atomic E-state index is 14.1. The van der Waals surface area contributed by atoms with Crippen molar-refractivity contribution in [3.63, 3.8) is 0 Å². The lowest BCUT2D eigenvalue weighted by Crippen LogP contribution is -2.43. The molecule has 5 unspecified atom stereocenters. The first kappa shape index (κ1) is 20.9. The molecule has 30 heavy (non-hydrogen) atoms. The third-order valence-corrected chi connectivity index (χ3v) is 6.54. The van der Waals surface area contributed by atoms with E-state index in [4.69, 9.17) is 0 Å². The maximum Gasteiger partial charge on any atom is 0.147 e. The number of hydrogen-bond acceptors (Lipinski definition) is 6. The summed E-state index contributed by atoms with van der Waals surface area (Å²) in [6, 6.07) is 9.12. The minimum atomic E-state index is -1.03. The van der Waals surface area contributed by atoms with E-state index in [2.05, 4.69) is 4.98 Å². The molecular formula is C23H27FN2O4. The van der Waals surface area contributed by atoms with Gasteiger partial charge in [0, 0.05) is 19.5 Å². The fourth-order valence-electron chi connectivity index (χ4n) is 5.38. The summed E-state index contributed by atoms with van der Waals surface area (Å²) < 4.78 is 14.1. The Morgan fingerprint density at radius 2 is 2.07 bits per heavy atom. The zero-order chi connectivity index (χ0) is 21.5. The molecule has 3 N–H and O–H groups in total. The molecule has 1 aliphatic heterocycles. The summed E-state index contributed by atoms with van der Waals surface area (Å²) in [6.07, 6.45) is 1.56. The molecule has 7 heteroatoms. The van der Waals surface area contributed by atoms with Crippen LogP contribution >= 0.6 is 0 Å². The molecule has 2 aliphatic rings. The van der Waals surface area contributed by atoms with E-state index in [0.29, 0.717) is 30.6 Å². The van der Waals surface area contributed by atoms with Gasteiger partial charge in [0.2, 0.25) is 0 Å². The standard InChI is InChI=1S/C23H27FN2O4/c1-14(27)22-18-10-23(30,8-15-4-2-3-5-19(15)24)9-16(18)12-26(22)13-21(29)20-7-6-17(28)11-25-20/h2-7,11,16,18,21-22,28-30H,8-10,12-13H2,1H3. The number of aromatic hydroxyl groups is 1. The number of benzene rings is 1. The lowest BCUT2D eigenvalue weighted by atomic mass is 9.88. The fourth-order valence-corrected chi connectivity index (χ4v) is 5.38. The highest BCUT2D eigenvalue weighted by molar-refractivity contribution is 5.82. The molecule has 1 aromatic carbocycles. The first-order chi connectivity index (χ1) is 14.3. The summed E-state index contributed by atoms with van der Waals surface area (Å²) in [4.78, 5) is 18.5. The van der Waals surface area contributed by atoms with Crippen LogP contribution in [0, 0.1) is 17.7 Å². The first-order valence-corrected chi connectivity index (χ1v) is 10.3. The minimum Gasteiger partial charge on any atom is -0.506 e. The van der Waals surface area contributed by atoms with Crippen molar-refractivity contribution in [2.45, 2.75) is 43.9 Å². The van der Waals surface area contributed by atoms with Crippen molar-refractivity contribution in [2.24, 2.45) is 11.8 Å². The number of Topliss-reactive ketones (excluding diaryl/α,β-unsaturated/α-hetero) is 1. The van der Waals surface area contributed by atoms with Crippen LogP contribution < -0.4 is 0 Å². The second-order valence-electron chi connectivity index (χ2n) is 8.79. The van der Waals surface area contributed by atoms with Crippen LogP contribution in [0.3, 0.4) is 0 Å². The van der Waals surface area contributed by atoms with E-state index in [1.807, 2.05) is 4.90 Å². The van der Waals surface area contributed by atoms with Crippen molar-refractivity contribution in [3.8, 4) is 5.75 Å². The van der Waals surface area contributed by atoms with E-state index in [1.165, 1.54) is 18.3 Å². The quantitative estimate of drug-likeness (QED) is 0.671. The number of β-amino-alcohol motifs (C(OH)–C–C–N with tert-alkyl or cyclic N) is 1. The highest BCUT2D eigenvalue weighted by atomic mass is 19.1. The van der Waals surface area contributed by atoms with E-state index < -0.39 is 17.7 Å². The molecule has 0 bridgehead atoms. The Bertz CT molecular complexity index is 922. The number of hydrogen-bond donors (Lipinski definition) is 3. The van der Waals surface area contributed by atoms with Gasteiger partial charge in [0.05, 0.1) is 23.5 Å². The summed E-state index contributed by atoms with van der Waals surface area (Å²) in [5, 5.41) is 31.1. The Labute approximate surface area is 175 Å². The van der Waals surface area contributed by atoms with Gasteiger partial charge in [-0.3, -0.25) is 14.7 Å². The molecule has 1 saturated heterocycles. The maximum absolute atomic E-state index is 14.1. The normalized spacial score (nSPS) is 29.7. The Morgan fingerprint density at radius 3 is 2.73 bits per heavy atom. The van der Waals surface area contributed by atoms with E-state index in [-0.39, 0.29) is 42.2 Å². The monoisotopic (exact) mass is 414 g/mol. The molecule has 0 radical (unpaired) electrons. The SMILES string of the molecule is CC(=O)C1C2CC(O)(Cc3ccccc3F)CC2CN1CC(O)c1ccc(O)cn1. The third kappa shape index (κ3) is 4.10. The molecule has 1 aliphatic carbocycles. The van der Waals surface area contributed by atoms with Crippen LogP contribution in [0.2, 0.25) is 0 Å². The topological polar surface area (TPSA) is 93.9 Å². The predicted octanol–water partition coefficient (Wildman–Crippen LogP) is 2.23. The van der Waals surface area contributed by atoms with Crippen molar-refractivity contribution >= 4 is 5.78 Å². The lowest BCUT2D eigenvalue weighted by Gasteiger charge is -2.31. The molecule has 5 atom stereocenters. The largest absolute Gasteiger partial charge is 0.506 e. The molecule has 1 saturated carbocycles. The van der Waals surface area contributed by atoms with Gasteiger partial charge in [0.25, 0.3) is 0 Å². The van der Waals surface area contributed by atoms with Crippen LogP contribution in [-0.4, -0.2) is 55.7 Å². The van der Waals surface area contributed by atoms with Gasteiger partial charge in [-0.1, -0.05) is 18.2 Å². The fraction of sp³-hybridized carbons (Fsp3) is 0.478. The Kier molecular flexibility index (Phi) is 5.61. The van der Waals surface area contributed by atoms with Gasteiger partial charge in [-0.25, -0.2) is 4.39 Å². The smallest absolute Gasteiger partial charge is 0.147 e. The number of pyridine rings is 1. The summed E-state index contributed by atoms with van der Waals surface area (Å²) in [5.41, 5.74) is -0.109. The third-order valence-electron chi connectivity index (χ3n) is 6.54. The lowest BCUT2D eigenvalue weighted by molar-refractivity contribution is -0.123. The second kappa shape index (κ2) is 8.06. The van der Waals surface area contributed by atoms with Crippen LogP contribution in [0.25, 0.3) is 0 Å². The first-order valence-electron chi connectivity index (χ1n) is 10.3. The number of carbonyl (C=O) groups excluding carboxylic acids is 1. The molecule has 160 valence electrons. The second-order valence-corrected chi connectivity index (χ2v) is 8.79. The Morgan fingerprint density at radius 1 is 1.30 bits per heavy atom. The number of fused-ring (bicyclic) bond motifs is 1. The zero-order valence-electron chi connectivity index (χ0n) is 16.9. The highest BCUT2D eigenvalue weighted by Crippen LogP contribution is 2.49. The summed E-state index contributed by atoms with van der Waals surface area (Å²) in [7, 11) is 0. The molecule has 2 heterocycles. The van der Waals surface area contributed by atoms with Crippen molar-refractivity contribution in [1.82, 2.24) is 9.88 Å². The number of aliphatic hydroxyl groups is 2. The molecule has 0 spiro atoms. The molecule has 2 fully saturated rings. The number of nitrogens with zero attached hydrogens (tertiary/aromatic N) is 2. The van der Waals surface area contributed by atoms with Crippen LogP contribution in [0.1, 0.15) is 37.1 Å². The van der Waals surface area contributed by atoms with Gasteiger partial charge in [-0.05, 0) is 55.4 Å². The number of carbonyl (C=O) groups is 1. The molecule has 1 aromatic heterocycles. The van der Waals surface area contributed by atoms with Gasteiger partial charge in [-0.2, -0.15) is 0 Å². The van der Waals surface area contributed by atoms with E-state index in [0.717, 1.165) is 0 Å². The van der Waals surface area contributed by atoms with Gasteiger partial charge in [0.1, 0.15) is 23.5 Å². The van der Waals surface area contributed by atoms with Gasteiger partial charge >= 0.3 is 0 Å². The van der Waals surface area contributed by atoms with E-state index >= 15 is 0 Å². The number of rotatable bonds is 6. The average Bonchev–Trinajstić information content (AvgIpc) is 3.16. The van der Waals surface area contributed by atoms with E-state index in [1.54, 1.807) is 31.2 Å². The Balaban J connectivity index is 1.47. The summed E-state index contributed by atoms with van der Waals surface area (Å²) >= 11 is 0. The van der Waals surface area contributed by atoms with Crippen molar-refractivity contribution < 1.29 is 24.5 Å². The van der Waals surface area contributed by atoms with Crippen molar-refractivity contribution in [2.75, 3.05) is 13.1 Å². The number of aliphatic hydroxyl groups excluding tert-OH is 1. The highest BCUT2D eigenvalue weighted by Gasteiger charge is 2.54. The number of halogens is 1. The van der Waals surface area contributed by atoms with Gasteiger partial charge in [0.15, 0.2) is 0 Å². The number of ketones is 1. The minimum absolute atomic E-state index is 0.00325. The predicted molar refractivity (Wildman–Crippen MR) is 108 cm³/mol. The molecule has 6 nitrogen and oxygen atoms in total. The van der Waals surface area contributed by atoms with E-state index in [9.17, 15) is 24.5 Å². The molecule has 2 aromatic rings. The Hall–Kier alpha value is -2.35.